The maximum atomic E-state index is 12.7. The van der Waals surface area contributed by atoms with E-state index in [2.05, 4.69) is 6.92 Å². The highest BCUT2D eigenvalue weighted by atomic mass is 32.2. The van der Waals surface area contributed by atoms with Crippen molar-refractivity contribution in [2.75, 3.05) is 11.5 Å². The summed E-state index contributed by atoms with van der Waals surface area (Å²) in [5.41, 5.74) is 2.40. The quantitative estimate of drug-likeness (QED) is 0.710. The zero-order chi connectivity index (χ0) is 9.97. The topological polar surface area (TPSA) is 0 Å². The SMILES string of the molecule is CC(=C1SCCS1)c1ccc(F)cc1. The first-order chi connectivity index (χ1) is 6.77. The molecule has 1 aliphatic rings. The van der Waals surface area contributed by atoms with Gasteiger partial charge in [0, 0.05) is 15.7 Å². The number of rotatable bonds is 1. The summed E-state index contributed by atoms with van der Waals surface area (Å²) in [6.45, 7) is 2.11. The first-order valence-electron chi connectivity index (χ1n) is 4.50. The Morgan fingerprint density at radius 2 is 1.71 bits per heavy atom. The van der Waals surface area contributed by atoms with Crippen molar-refractivity contribution in [2.45, 2.75) is 6.92 Å². The molecule has 3 heteroatoms. The molecule has 0 bridgehead atoms. The Hall–Kier alpha value is -0.410. The predicted molar refractivity (Wildman–Crippen MR) is 63.9 cm³/mol. The van der Waals surface area contributed by atoms with Crippen LogP contribution < -0.4 is 0 Å². The third kappa shape index (κ3) is 2.15. The van der Waals surface area contributed by atoms with Gasteiger partial charge < -0.3 is 0 Å². The van der Waals surface area contributed by atoms with Crippen LogP contribution in [0.15, 0.2) is 28.5 Å². The average molecular weight is 226 g/mol. The lowest BCUT2D eigenvalue weighted by Crippen LogP contribution is -1.81. The molecular weight excluding hydrogens is 215 g/mol. The van der Waals surface area contributed by atoms with Gasteiger partial charge in [-0.2, -0.15) is 0 Å². The molecule has 0 nitrogen and oxygen atoms in total. The van der Waals surface area contributed by atoms with Crippen LogP contribution in [0.25, 0.3) is 5.57 Å². The molecule has 0 spiro atoms. The van der Waals surface area contributed by atoms with Crippen molar-refractivity contribution in [3.8, 4) is 0 Å². The van der Waals surface area contributed by atoms with Crippen LogP contribution in [-0.4, -0.2) is 11.5 Å². The summed E-state index contributed by atoms with van der Waals surface area (Å²) in [7, 11) is 0. The third-order valence-electron chi connectivity index (χ3n) is 2.13. The van der Waals surface area contributed by atoms with Gasteiger partial charge in [0.1, 0.15) is 5.82 Å². The highest BCUT2D eigenvalue weighted by Gasteiger charge is 2.12. The largest absolute Gasteiger partial charge is 0.207 e. The Morgan fingerprint density at radius 3 is 2.29 bits per heavy atom. The Bertz CT molecular complexity index is 346. The molecule has 1 aromatic carbocycles. The molecule has 0 N–H and O–H groups in total. The number of thioether (sulfide) groups is 2. The minimum Gasteiger partial charge on any atom is -0.207 e. The summed E-state index contributed by atoms with van der Waals surface area (Å²) in [5, 5.41) is 0. The van der Waals surface area contributed by atoms with Gasteiger partial charge in [0.15, 0.2) is 0 Å². The summed E-state index contributed by atoms with van der Waals surface area (Å²) in [6.07, 6.45) is 0. The molecule has 1 fully saturated rings. The fourth-order valence-corrected chi connectivity index (χ4v) is 3.88. The van der Waals surface area contributed by atoms with E-state index in [1.165, 1.54) is 33.4 Å². The van der Waals surface area contributed by atoms with E-state index in [1.807, 2.05) is 35.7 Å². The molecule has 2 rings (SSSR count). The Morgan fingerprint density at radius 1 is 1.14 bits per heavy atom. The number of allylic oxidation sites excluding steroid dienone is 1. The van der Waals surface area contributed by atoms with Gasteiger partial charge in [-0.3, -0.25) is 0 Å². The van der Waals surface area contributed by atoms with Gasteiger partial charge in [-0.1, -0.05) is 12.1 Å². The molecule has 1 heterocycles. The predicted octanol–water partition coefficient (Wildman–Crippen LogP) is 3.99. The molecular formula is C11H11FS2. The highest BCUT2D eigenvalue weighted by molar-refractivity contribution is 8.25. The van der Waals surface area contributed by atoms with Crippen molar-refractivity contribution in [3.05, 3.63) is 39.9 Å². The van der Waals surface area contributed by atoms with Crippen LogP contribution in [0, 0.1) is 5.82 Å². The van der Waals surface area contributed by atoms with Crippen molar-refractivity contribution in [1.29, 1.82) is 0 Å². The average Bonchev–Trinajstić information content (AvgIpc) is 2.71. The highest BCUT2D eigenvalue weighted by Crippen LogP contribution is 2.41. The minimum absolute atomic E-state index is 0.168. The summed E-state index contributed by atoms with van der Waals surface area (Å²) < 4.78 is 14.1. The molecule has 0 saturated carbocycles. The smallest absolute Gasteiger partial charge is 0.123 e. The number of halogens is 1. The molecule has 74 valence electrons. The van der Waals surface area contributed by atoms with E-state index in [0.29, 0.717) is 0 Å². The van der Waals surface area contributed by atoms with Crippen molar-refractivity contribution in [1.82, 2.24) is 0 Å². The van der Waals surface area contributed by atoms with Crippen LogP contribution >= 0.6 is 23.5 Å². The second kappa shape index (κ2) is 4.41. The van der Waals surface area contributed by atoms with E-state index in [0.717, 1.165) is 5.56 Å². The summed E-state index contributed by atoms with van der Waals surface area (Å²) in [4.78, 5) is 0. The minimum atomic E-state index is -0.168. The van der Waals surface area contributed by atoms with Crippen LogP contribution in [0.4, 0.5) is 4.39 Å². The normalized spacial score (nSPS) is 16.0. The van der Waals surface area contributed by atoms with Crippen LogP contribution in [0.1, 0.15) is 12.5 Å². The van der Waals surface area contributed by atoms with Crippen molar-refractivity contribution in [2.24, 2.45) is 0 Å². The maximum absolute atomic E-state index is 12.7. The van der Waals surface area contributed by atoms with Crippen LogP contribution in [-0.2, 0) is 0 Å². The lowest BCUT2D eigenvalue weighted by molar-refractivity contribution is 0.627. The summed E-state index contributed by atoms with van der Waals surface area (Å²) >= 11 is 3.80. The van der Waals surface area contributed by atoms with Gasteiger partial charge in [-0.15, -0.1) is 23.5 Å². The molecule has 0 aromatic heterocycles. The van der Waals surface area contributed by atoms with Gasteiger partial charge in [-0.25, -0.2) is 4.39 Å². The molecule has 0 amide bonds. The van der Waals surface area contributed by atoms with E-state index in [-0.39, 0.29) is 5.82 Å². The number of hydrogen-bond acceptors (Lipinski definition) is 2. The van der Waals surface area contributed by atoms with E-state index in [1.54, 1.807) is 0 Å². The fourth-order valence-electron chi connectivity index (χ4n) is 1.34. The molecule has 1 aliphatic heterocycles. The fraction of sp³-hybridized carbons (Fsp3) is 0.273. The molecule has 14 heavy (non-hydrogen) atoms. The standard InChI is InChI=1S/C11H11FS2/c1-8(11-13-6-7-14-11)9-2-4-10(12)5-3-9/h2-5H,6-7H2,1H3. The molecule has 0 unspecified atom stereocenters. The first-order valence-corrected chi connectivity index (χ1v) is 6.47. The van der Waals surface area contributed by atoms with Gasteiger partial charge >= 0.3 is 0 Å². The second-order valence-corrected chi connectivity index (χ2v) is 5.59. The van der Waals surface area contributed by atoms with Gasteiger partial charge in [0.2, 0.25) is 0 Å². The molecule has 1 aromatic rings. The summed E-state index contributed by atoms with van der Waals surface area (Å²) in [6, 6.07) is 6.72. The zero-order valence-electron chi connectivity index (χ0n) is 7.92. The van der Waals surface area contributed by atoms with Crippen molar-refractivity contribution < 1.29 is 4.39 Å². The zero-order valence-corrected chi connectivity index (χ0v) is 9.55. The third-order valence-corrected chi connectivity index (χ3v) is 5.05. The Labute approximate surface area is 92.0 Å². The van der Waals surface area contributed by atoms with Crippen LogP contribution in [0.2, 0.25) is 0 Å². The van der Waals surface area contributed by atoms with Crippen LogP contribution in [0.5, 0.6) is 0 Å². The van der Waals surface area contributed by atoms with E-state index >= 15 is 0 Å². The monoisotopic (exact) mass is 226 g/mol. The summed E-state index contributed by atoms with van der Waals surface area (Å²) in [5.74, 6) is 2.22. The van der Waals surface area contributed by atoms with Crippen molar-refractivity contribution >= 4 is 29.1 Å². The van der Waals surface area contributed by atoms with Gasteiger partial charge in [0.25, 0.3) is 0 Å². The van der Waals surface area contributed by atoms with Crippen molar-refractivity contribution in [3.63, 3.8) is 0 Å². The Kier molecular flexibility index (Phi) is 3.19. The second-order valence-electron chi connectivity index (χ2n) is 3.12. The number of benzene rings is 1. The molecule has 0 radical (unpaired) electrons. The van der Waals surface area contributed by atoms with Gasteiger partial charge in [0.05, 0.1) is 0 Å². The van der Waals surface area contributed by atoms with E-state index < -0.39 is 0 Å². The Balaban J connectivity index is 2.30. The van der Waals surface area contributed by atoms with E-state index in [4.69, 9.17) is 0 Å². The first kappa shape index (κ1) is 10.1. The van der Waals surface area contributed by atoms with E-state index in [9.17, 15) is 4.39 Å². The van der Waals surface area contributed by atoms with Gasteiger partial charge in [-0.05, 0) is 30.2 Å². The number of hydrogen-bond donors (Lipinski definition) is 0. The lowest BCUT2D eigenvalue weighted by atomic mass is 10.1. The molecule has 0 aliphatic carbocycles. The lowest BCUT2D eigenvalue weighted by Gasteiger charge is -2.04. The maximum Gasteiger partial charge on any atom is 0.123 e. The molecule has 0 atom stereocenters. The van der Waals surface area contributed by atoms with Crippen LogP contribution in [0.3, 0.4) is 0 Å². The molecule has 1 saturated heterocycles.